The fourth-order valence-electron chi connectivity index (χ4n) is 3.69. The molecule has 4 heterocycles. The minimum Gasteiger partial charge on any atom is -0.354 e. The quantitative estimate of drug-likeness (QED) is 0.314. The van der Waals surface area contributed by atoms with Crippen LogP contribution in [-0.4, -0.2) is 59.9 Å². The number of carbonyl (C=O) groups excluding carboxylic acids is 1. The number of hydrogen-bond acceptors (Lipinski definition) is 7. The molecule has 32 heavy (non-hydrogen) atoms. The van der Waals surface area contributed by atoms with Gasteiger partial charge >= 0.3 is 0 Å². The molecule has 1 N–H and O–H groups in total. The predicted octanol–water partition coefficient (Wildman–Crippen LogP) is 3.15. The van der Waals surface area contributed by atoms with Crippen LogP contribution in [0.15, 0.2) is 55.2 Å². The predicted molar refractivity (Wildman–Crippen MR) is 132 cm³/mol. The van der Waals surface area contributed by atoms with Crippen LogP contribution in [0.25, 0.3) is 21.9 Å². The van der Waals surface area contributed by atoms with E-state index in [2.05, 4.69) is 62.3 Å². The molecular weight excluding hydrogens is 519 g/mol. The third-order valence-electron chi connectivity index (χ3n) is 5.44. The second-order valence-electron chi connectivity index (χ2n) is 7.65. The fourth-order valence-corrected chi connectivity index (χ4v) is 4.13. The molecule has 1 aliphatic rings. The van der Waals surface area contributed by atoms with E-state index in [1.165, 1.54) is 6.33 Å². The van der Waals surface area contributed by atoms with Crippen molar-refractivity contribution in [2.24, 2.45) is 7.05 Å². The van der Waals surface area contributed by atoms with Crippen molar-refractivity contribution in [2.75, 3.05) is 36.4 Å². The van der Waals surface area contributed by atoms with Gasteiger partial charge in [-0.2, -0.15) is 5.10 Å². The van der Waals surface area contributed by atoms with Crippen LogP contribution in [0.5, 0.6) is 0 Å². The molecule has 0 bridgehead atoms. The van der Waals surface area contributed by atoms with E-state index in [1.807, 2.05) is 37.6 Å². The maximum absolute atomic E-state index is 12.8. The summed E-state index contributed by atoms with van der Waals surface area (Å²) in [5.41, 5.74) is 2.41. The van der Waals surface area contributed by atoms with Gasteiger partial charge < -0.3 is 10.2 Å². The highest BCUT2D eigenvalue weighted by Gasteiger charge is 2.18. The van der Waals surface area contributed by atoms with Crippen LogP contribution in [0.1, 0.15) is 10.5 Å². The number of piperazine rings is 1. The van der Waals surface area contributed by atoms with Crippen molar-refractivity contribution in [3.63, 3.8) is 0 Å². The van der Waals surface area contributed by atoms with Gasteiger partial charge in [-0.1, -0.05) is 12.1 Å². The van der Waals surface area contributed by atoms with Crippen LogP contribution in [0.4, 0.5) is 11.6 Å². The van der Waals surface area contributed by atoms with Gasteiger partial charge in [0.1, 0.15) is 23.7 Å². The number of nitrogens with one attached hydrogen (secondary N) is 1. The molecule has 3 aromatic heterocycles. The topological polar surface area (TPSA) is 92.1 Å². The molecule has 0 aliphatic carbocycles. The van der Waals surface area contributed by atoms with E-state index in [-0.39, 0.29) is 5.91 Å². The highest BCUT2D eigenvalue weighted by Crippen LogP contribution is 2.25. The molecule has 0 saturated carbocycles. The Balaban J connectivity index is 1.36. The molecular formula is C22H21IN8O. The first kappa shape index (κ1) is 20.8. The average Bonchev–Trinajstić information content (AvgIpc) is 3.25. The largest absolute Gasteiger partial charge is 0.354 e. The number of carbonyl (C=O) groups is 1. The van der Waals surface area contributed by atoms with Crippen LogP contribution >= 0.6 is 22.9 Å². The zero-order chi connectivity index (χ0) is 22.1. The zero-order valence-electron chi connectivity index (χ0n) is 17.4. The second-order valence-corrected chi connectivity index (χ2v) is 9.01. The maximum Gasteiger partial charge on any atom is 0.275 e. The molecule has 0 atom stereocenters. The zero-order valence-corrected chi connectivity index (χ0v) is 19.6. The summed E-state index contributed by atoms with van der Waals surface area (Å²) in [6.45, 7) is 3.64. The van der Waals surface area contributed by atoms with E-state index in [9.17, 15) is 4.79 Å². The van der Waals surface area contributed by atoms with Gasteiger partial charge in [0.15, 0.2) is 0 Å². The lowest BCUT2D eigenvalue weighted by Crippen LogP contribution is -2.42. The van der Waals surface area contributed by atoms with E-state index in [0.29, 0.717) is 11.5 Å². The van der Waals surface area contributed by atoms with Crippen LogP contribution in [0.3, 0.4) is 0 Å². The molecule has 1 fully saturated rings. The van der Waals surface area contributed by atoms with Gasteiger partial charge in [-0.05, 0) is 23.1 Å². The van der Waals surface area contributed by atoms with Crippen molar-refractivity contribution >= 4 is 51.2 Å². The summed E-state index contributed by atoms with van der Waals surface area (Å²) in [6, 6.07) is 9.73. The Morgan fingerprint density at radius 2 is 1.81 bits per heavy atom. The molecule has 0 radical (unpaired) electrons. The molecule has 9 nitrogen and oxygen atoms in total. The first-order valence-corrected chi connectivity index (χ1v) is 11.2. The SMILES string of the molecule is Cn1cc(-c2ccc3cnc(NC(=O)c4cc(N5CCN(I)CC5)ncn4)cc3c2)cn1. The summed E-state index contributed by atoms with van der Waals surface area (Å²) < 4.78 is 4.02. The molecule has 1 aliphatic heterocycles. The van der Waals surface area contributed by atoms with E-state index >= 15 is 0 Å². The number of fused-ring (bicyclic) bond motifs is 1. The van der Waals surface area contributed by atoms with Crippen LogP contribution in [0, 0.1) is 0 Å². The second kappa shape index (κ2) is 8.79. The average molecular weight is 540 g/mol. The molecule has 1 saturated heterocycles. The maximum atomic E-state index is 12.8. The Hall–Kier alpha value is -3.12. The van der Waals surface area contributed by atoms with Gasteiger partial charge in [0.25, 0.3) is 5.91 Å². The highest BCUT2D eigenvalue weighted by atomic mass is 127. The van der Waals surface area contributed by atoms with Crippen molar-refractivity contribution in [3.8, 4) is 11.1 Å². The number of hydrogen-bond donors (Lipinski definition) is 1. The first-order chi connectivity index (χ1) is 15.5. The van der Waals surface area contributed by atoms with Gasteiger partial charge in [0.2, 0.25) is 0 Å². The Morgan fingerprint density at radius 1 is 0.969 bits per heavy atom. The number of anilines is 2. The summed E-state index contributed by atoms with van der Waals surface area (Å²) in [6.07, 6.45) is 7.00. The smallest absolute Gasteiger partial charge is 0.275 e. The van der Waals surface area contributed by atoms with Crippen molar-refractivity contribution in [2.45, 2.75) is 0 Å². The lowest BCUT2D eigenvalue weighted by Gasteiger charge is -2.31. The van der Waals surface area contributed by atoms with Crippen molar-refractivity contribution in [3.05, 3.63) is 60.9 Å². The number of nitrogens with zero attached hydrogens (tertiary/aromatic N) is 7. The van der Waals surface area contributed by atoms with Gasteiger partial charge in [-0.3, -0.25) is 9.48 Å². The van der Waals surface area contributed by atoms with Gasteiger partial charge in [0.05, 0.1) is 6.20 Å². The lowest BCUT2D eigenvalue weighted by molar-refractivity contribution is 0.102. The molecule has 0 spiro atoms. The van der Waals surface area contributed by atoms with E-state index < -0.39 is 0 Å². The molecule has 162 valence electrons. The number of aromatic nitrogens is 5. The monoisotopic (exact) mass is 540 g/mol. The summed E-state index contributed by atoms with van der Waals surface area (Å²) in [4.78, 5) is 27.9. The summed E-state index contributed by atoms with van der Waals surface area (Å²) >= 11 is 2.33. The molecule has 4 aromatic rings. The van der Waals surface area contributed by atoms with E-state index in [0.717, 1.165) is 53.9 Å². The summed E-state index contributed by atoms with van der Waals surface area (Å²) in [5, 5.41) is 9.08. The summed E-state index contributed by atoms with van der Waals surface area (Å²) in [5.74, 6) is 0.934. The molecule has 1 aromatic carbocycles. The normalized spacial score (nSPS) is 14.6. The molecule has 5 rings (SSSR count). The molecule has 1 amide bonds. The number of pyridine rings is 1. The molecule has 10 heteroatoms. The number of rotatable bonds is 4. The summed E-state index contributed by atoms with van der Waals surface area (Å²) in [7, 11) is 1.89. The standard InChI is InChI=1S/C22H21IN8O/c1-29-13-18(12-27-29)15-2-3-16-11-24-20(9-17(16)8-15)28-22(32)19-10-21(26-14-25-19)30-4-6-31(23)7-5-30/h2-3,8-14H,4-7H2,1H3,(H,24,28,32). The number of amides is 1. The Bertz CT molecular complexity index is 1280. The van der Waals surface area contributed by atoms with E-state index in [1.54, 1.807) is 16.9 Å². The fraction of sp³-hybridized carbons (Fsp3) is 0.227. The van der Waals surface area contributed by atoms with Crippen molar-refractivity contribution in [1.29, 1.82) is 0 Å². The molecule has 0 unspecified atom stereocenters. The third kappa shape index (κ3) is 4.41. The van der Waals surface area contributed by atoms with Gasteiger partial charge in [-0.15, -0.1) is 0 Å². The van der Waals surface area contributed by atoms with Crippen LogP contribution in [0.2, 0.25) is 0 Å². The van der Waals surface area contributed by atoms with Crippen molar-refractivity contribution in [1.82, 2.24) is 27.8 Å². The number of benzene rings is 1. The van der Waals surface area contributed by atoms with Crippen molar-refractivity contribution < 1.29 is 4.79 Å². The number of aryl methyl sites for hydroxylation is 1. The Morgan fingerprint density at radius 3 is 2.59 bits per heavy atom. The van der Waals surface area contributed by atoms with Gasteiger partial charge in [0, 0.05) is 85.5 Å². The highest BCUT2D eigenvalue weighted by molar-refractivity contribution is 14.1. The minimum atomic E-state index is -0.309. The lowest BCUT2D eigenvalue weighted by atomic mass is 10.1. The Labute approximate surface area is 199 Å². The van der Waals surface area contributed by atoms with Crippen LogP contribution < -0.4 is 10.2 Å². The first-order valence-electron chi connectivity index (χ1n) is 10.2. The van der Waals surface area contributed by atoms with Crippen LogP contribution in [-0.2, 0) is 7.05 Å². The van der Waals surface area contributed by atoms with E-state index in [4.69, 9.17) is 0 Å². The Kier molecular flexibility index (Phi) is 5.70. The number of halogens is 1. The minimum absolute atomic E-state index is 0.309. The van der Waals surface area contributed by atoms with Gasteiger partial charge in [-0.25, -0.2) is 18.1 Å². The third-order valence-corrected chi connectivity index (χ3v) is 6.40.